The van der Waals surface area contributed by atoms with Gasteiger partial charge in [0.25, 0.3) is 0 Å². The van der Waals surface area contributed by atoms with Crippen LogP contribution in [0.5, 0.6) is 0 Å². The molecule has 1 rings (SSSR count). The first-order valence-corrected chi connectivity index (χ1v) is 4.68. The Morgan fingerprint density at radius 1 is 1.69 bits per heavy atom. The SMILES string of the molecule is COC(=O)C[C@H](N)C1CCCCO1. The van der Waals surface area contributed by atoms with Crippen molar-refractivity contribution in [1.29, 1.82) is 0 Å². The lowest BCUT2D eigenvalue weighted by atomic mass is 10.0. The van der Waals surface area contributed by atoms with Gasteiger partial charge in [0.2, 0.25) is 0 Å². The van der Waals surface area contributed by atoms with Crippen molar-refractivity contribution in [2.45, 2.75) is 37.8 Å². The highest BCUT2D eigenvalue weighted by Crippen LogP contribution is 2.16. The number of hydrogen-bond donors (Lipinski definition) is 1. The minimum Gasteiger partial charge on any atom is -0.469 e. The largest absolute Gasteiger partial charge is 0.469 e. The van der Waals surface area contributed by atoms with E-state index in [-0.39, 0.29) is 24.5 Å². The van der Waals surface area contributed by atoms with Gasteiger partial charge in [0.15, 0.2) is 0 Å². The lowest BCUT2D eigenvalue weighted by Gasteiger charge is -2.27. The van der Waals surface area contributed by atoms with Crippen LogP contribution in [0.15, 0.2) is 0 Å². The zero-order valence-corrected chi connectivity index (χ0v) is 7.99. The van der Waals surface area contributed by atoms with Crippen LogP contribution >= 0.6 is 0 Å². The summed E-state index contributed by atoms with van der Waals surface area (Å²) in [5.41, 5.74) is 5.80. The van der Waals surface area contributed by atoms with E-state index < -0.39 is 0 Å². The molecule has 1 aliphatic rings. The third-order valence-corrected chi connectivity index (χ3v) is 2.32. The number of methoxy groups -OCH3 is 1. The molecule has 4 heteroatoms. The summed E-state index contributed by atoms with van der Waals surface area (Å²) in [5, 5.41) is 0. The average Bonchev–Trinajstić information content (AvgIpc) is 2.19. The van der Waals surface area contributed by atoms with Gasteiger partial charge in [0.1, 0.15) is 0 Å². The van der Waals surface area contributed by atoms with Crippen LogP contribution in [-0.2, 0) is 14.3 Å². The zero-order valence-electron chi connectivity index (χ0n) is 7.99. The molecule has 0 bridgehead atoms. The summed E-state index contributed by atoms with van der Waals surface area (Å²) < 4.78 is 9.99. The van der Waals surface area contributed by atoms with Gasteiger partial charge in [-0.05, 0) is 19.3 Å². The molecular weight excluding hydrogens is 170 g/mol. The maximum Gasteiger partial charge on any atom is 0.307 e. The van der Waals surface area contributed by atoms with E-state index in [9.17, 15) is 4.79 Å². The number of carbonyl (C=O) groups is 1. The monoisotopic (exact) mass is 187 g/mol. The Morgan fingerprint density at radius 3 is 3.00 bits per heavy atom. The number of hydrogen-bond acceptors (Lipinski definition) is 4. The summed E-state index contributed by atoms with van der Waals surface area (Å²) >= 11 is 0. The molecule has 0 spiro atoms. The summed E-state index contributed by atoms with van der Waals surface area (Å²) in [4.78, 5) is 10.9. The minimum absolute atomic E-state index is 0.0350. The summed E-state index contributed by atoms with van der Waals surface area (Å²) in [7, 11) is 1.37. The molecule has 2 N–H and O–H groups in total. The maximum atomic E-state index is 10.9. The summed E-state index contributed by atoms with van der Waals surface area (Å²) in [6, 6.07) is -0.215. The molecule has 0 amide bonds. The quantitative estimate of drug-likeness (QED) is 0.651. The fourth-order valence-corrected chi connectivity index (χ4v) is 1.51. The summed E-state index contributed by atoms with van der Waals surface area (Å²) in [6.07, 6.45) is 3.48. The van der Waals surface area contributed by atoms with E-state index in [1.807, 2.05) is 0 Å². The molecule has 13 heavy (non-hydrogen) atoms. The number of nitrogens with two attached hydrogens (primary N) is 1. The molecule has 76 valence electrons. The molecule has 0 aromatic rings. The number of rotatable bonds is 3. The third kappa shape index (κ3) is 3.32. The maximum absolute atomic E-state index is 10.9. The molecule has 1 heterocycles. The topological polar surface area (TPSA) is 61.5 Å². The smallest absolute Gasteiger partial charge is 0.307 e. The third-order valence-electron chi connectivity index (χ3n) is 2.32. The van der Waals surface area contributed by atoms with E-state index in [0.717, 1.165) is 25.9 Å². The molecule has 4 nitrogen and oxygen atoms in total. The second kappa shape index (κ2) is 5.19. The first kappa shape index (κ1) is 10.5. The van der Waals surface area contributed by atoms with E-state index >= 15 is 0 Å². The second-order valence-corrected chi connectivity index (χ2v) is 3.35. The molecule has 1 saturated heterocycles. The van der Waals surface area contributed by atoms with Gasteiger partial charge in [-0.1, -0.05) is 0 Å². The van der Waals surface area contributed by atoms with Crippen molar-refractivity contribution in [3.63, 3.8) is 0 Å². The Morgan fingerprint density at radius 2 is 2.46 bits per heavy atom. The van der Waals surface area contributed by atoms with E-state index in [0.29, 0.717) is 0 Å². The molecule has 1 fully saturated rings. The van der Waals surface area contributed by atoms with Crippen molar-refractivity contribution in [3.8, 4) is 0 Å². The van der Waals surface area contributed by atoms with Gasteiger partial charge in [-0.25, -0.2) is 0 Å². The number of ether oxygens (including phenoxy) is 2. The fourth-order valence-electron chi connectivity index (χ4n) is 1.51. The Kier molecular flexibility index (Phi) is 4.18. The Bertz CT molecular complexity index is 166. The lowest BCUT2D eigenvalue weighted by molar-refractivity contribution is -0.142. The molecule has 0 aliphatic carbocycles. The Hall–Kier alpha value is -0.610. The lowest BCUT2D eigenvalue weighted by Crippen LogP contribution is -2.40. The highest BCUT2D eigenvalue weighted by molar-refractivity contribution is 5.69. The molecule has 1 aliphatic heterocycles. The molecule has 0 radical (unpaired) electrons. The van der Waals surface area contributed by atoms with Gasteiger partial charge in [-0.15, -0.1) is 0 Å². The molecule has 1 unspecified atom stereocenters. The van der Waals surface area contributed by atoms with Crippen LogP contribution in [0.3, 0.4) is 0 Å². The van der Waals surface area contributed by atoms with Crippen LogP contribution in [0.25, 0.3) is 0 Å². The van der Waals surface area contributed by atoms with Crippen LogP contribution in [-0.4, -0.2) is 31.8 Å². The first-order valence-electron chi connectivity index (χ1n) is 4.68. The van der Waals surface area contributed by atoms with Gasteiger partial charge < -0.3 is 15.2 Å². The van der Waals surface area contributed by atoms with Gasteiger partial charge in [0, 0.05) is 12.6 Å². The Balaban J connectivity index is 2.28. The first-order chi connectivity index (χ1) is 6.24. The highest BCUT2D eigenvalue weighted by atomic mass is 16.5. The van der Waals surface area contributed by atoms with Crippen LogP contribution in [0, 0.1) is 0 Å². The van der Waals surface area contributed by atoms with Crippen molar-refractivity contribution in [2.75, 3.05) is 13.7 Å². The fraction of sp³-hybridized carbons (Fsp3) is 0.889. The van der Waals surface area contributed by atoms with E-state index in [1.165, 1.54) is 7.11 Å². The van der Waals surface area contributed by atoms with Crippen molar-refractivity contribution < 1.29 is 14.3 Å². The normalized spacial score (nSPS) is 25.2. The predicted octanol–water partition coefficient (Wildman–Crippen LogP) is 0.446. The van der Waals surface area contributed by atoms with Crippen molar-refractivity contribution in [3.05, 3.63) is 0 Å². The second-order valence-electron chi connectivity index (χ2n) is 3.35. The molecular formula is C9H17NO3. The van der Waals surface area contributed by atoms with E-state index in [4.69, 9.17) is 10.5 Å². The van der Waals surface area contributed by atoms with Gasteiger partial charge in [-0.2, -0.15) is 0 Å². The van der Waals surface area contributed by atoms with Gasteiger partial charge in [0.05, 0.1) is 19.6 Å². The van der Waals surface area contributed by atoms with Crippen LogP contribution in [0.2, 0.25) is 0 Å². The predicted molar refractivity (Wildman–Crippen MR) is 48.2 cm³/mol. The average molecular weight is 187 g/mol. The van der Waals surface area contributed by atoms with Gasteiger partial charge >= 0.3 is 5.97 Å². The molecule has 0 aromatic carbocycles. The zero-order chi connectivity index (χ0) is 9.68. The Labute approximate surface area is 78.4 Å². The minimum atomic E-state index is -0.262. The molecule has 0 saturated carbocycles. The van der Waals surface area contributed by atoms with Crippen LogP contribution < -0.4 is 5.73 Å². The van der Waals surface area contributed by atoms with Crippen LogP contribution in [0.1, 0.15) is 25.7 Å². The van der Waals surface area contributed by atoms with E-state index in [1.54, 1.807) is 0 Å². The standard InChI is InChI=1S/C9H17NO3/c1-12-9(11)6-7(10)8-4-2-3-5-13-8/h7-8H,2-6,10H2,1H3/t7-,8?/m0/s1. The number of carbonyl (C=O) groups excluding carboxylic acids is 1. The molecule has 0 aromatic heterocycles. The van der Waals surface area contributed by atoms with Crippen LogP contribution in [0.4, 0.5) is 0 Å². The summed E-state index contributed by atoms with van der Waals surface area (Å²) in [5.74, 6) is -0.262. The van der Waals surface area contributed by atoms with Crippen molar-refractivity contribution in [1.82, 2.24) is 0 Å². The summed E-state index contributed by atoms with van der Waals surface area (Å²) in [6.45, 7) is 0.763. The number of esters is 1. The molecule has 2 atom stereocenters. The van der Waals surface area contributed by atoms with Crippen molar-refractivity contribution in [2.24, 2.45) is 5.73 Å². The van der Waals surface area contributed by atoms with Gasteiger partial charge in [-0.3, -0.25) is 4.79 Å². The van der Waals surface area contributed by atoms with Crippen molar-refractivity contribution >= 4 is 5.97 Å². The van der Waals surface area contributed by atoms with E-state index in [2.05, 4.69) is 4.74 Å². The highest BCUT2D eigenvalue weighted by Gasteiger charge is 2.23.